The molecule has 2 N–H and O–H groups in total. The number of nitrogens with one attached hydrogen (secondary N) is 1. The molecule has 0 aliphatic rings. The highest BCUT2D eigenvalue weighted by Gasteiger charge is 2.23. The first-order valence-electron chi connectivity index (χ1n) is 37.9. The summed E-state index contributed by atoms with van der Waals surface area (Å²) < 4.78 is 23.5. The minimum absolute atomic E-state index is 0.00139. The first kappa shape index (κ1) is 83.7. The van der Waals surface area contributed by atoms with Crippen LogP contribution in [0.3, 0.4) is 0 Å². The van der Waals surface area contributed by atoms with Crippen molar-refractivity contribution in [3.63, 3.8) is 0 Å². The fraction of sp³-hybridized carbons (Fsp3) is 0.908. The van der Waals surface area contributed by atoms with Gasteiger partial charge in [0.05, 0.1) is 39.9 Å². The van der Waals surface area contributed by atoms with Crippen molar-refractivity contribution in [1.29, 1.82) is 0 Å². The molecule has 0 saturated heterocycles. The first-order chi connectivity index (χ1) is 41.5. The number of carbonyl (C=O) groups is 1. The van der Waals surface area contributed by atoms with Crippen LogP contribution < -0.4 is 10.2 Å². The van der Waals surface area contributed by atoms with Crippen LogP contribution in [0.15, 0.2) is 36.5 Å². The Morgan fingerprint density at radius 2 is 0.682 bits per heavy atom. The lowest BCUT2D eigenvalue weighted by atomic mass is 10.0. The smallest absolute Gasteiger partial charge is 0.268 e. The van der Waals surface area contributed by atoms with Crippen molar-refractivity contribution in [1.82, 2.24) is 5.32 Å². The summed E-state index contributed by atoms with van der Waals surface area (Å²) in [6, 6.07) is -0.887. The van der Waals surface area contributed by atoms with Gasteiger partial charge in [0.1, 0.15) is 13.2 Å². The number of phosphoric ester groups is 1. The number of rotatable bonds is 71. The number of aliphatic hydroxyl groups excluding tert-OH is 1. The van der Waals surface area contributed by atoms with Gasteiger partial charge in [0, 0.05) is 6.42 Å². The van der Waals surface area contributed by atoms with Crippen LogP contribution in [0.4, 0.5) is 0 Å². The normalized spacial score (nSPS) is 13.7. The van der Waals surface area contributed by atoms with E-state index in [4.69, 9.17) is 9.05 Å². The number of hydrogen-bond acceptors (Lipinski definition) is 6. The largest absolute Gasteiger partial charge is 0.756 e. The zero-order valence-electron chi connectivity index (χ0n) is 57.8. The third-order valence-corrected chi connectivity index (χ3v) is 18.6. The third kappa shape index (κ3) is 70.0. The molecule has 0 heterocycles. The predicted octanol–water partition coefficient (Wildman–Crippen LogP) is 23.8. The van der Waals surface area contributed by atoms with Gasteiger partial charge in [-0.25, -0.2) is 0 Å². The lowest BCUT2D eigenvalue weighted by molar-refractivity contribution is -0.870. The van der Waals surface area contributed by atoms with Crippen molar-refractivity contribution < 1.29 is 32.9 Å². The maximum absolute atomic E-state index is 13.1. The van der Waals surface area contributed by atoms with E-state index >= 15 is 0 Å². The summed E-state index contributed by atoms with van der Waals surface area (Å²) in [6.45, 7) is 4.70. The van der Waals surface area contributed by atoms with Crippen molar-refractivity contribution in [2.24, 2.45) is 0 Å². The van der Waals surface area contributed by atoms with Crippen molar-refractivity contribution in [2.45, 2.75) is 405 Å². The number of amides is 1. The van der Waals surface area contributed by atoms with E-state index in [-0.39, 0.29) is 19.1 Å². The zero-order chi connectivity index (χ0) is 61.9. The molecule has 8 nitrogen and oxygen atoms in total. The molecule has 85 heavy (non-hydrogen) atoms. The van der Waals surface area contributed by atoms with Gasteiger partial charge in [0.15, 0.2) is 0 Å². The van der Waals surface area contributed by atoms with Crippen LogP contribution in [-0.2, 0) is 18.4 Å². The number of phosphoric acid groups is 1. The second-order valence-electron chi connectivity index (χ2n) is 27.4. The summed E-state index contributed by atoms with van der Waals surface area (Å²) in [7, 11) is 1.28. The van der Waals surface area contributed by atoms with E-state index in [1.54, 1.807) is 6.08 Å². The van der Waals surface area contributed by atoms with Gasteiger partial charge in [-0.1, -0.05) is 371 Å². The van der Waals surface area contributed by atoms with Crippen LogP contribution in [-0.4, -0.2) is 68.5 Å². The van der Waals surface area contributed by atoms with Gasteiger partial charge in [-0.05, 0) is 51.4 Å². The summed E-state index contributed by atoms with van der Waals surface area (Å²) >= 11 is 0. The van der Waals surface area contributed by atoms with Crippen LogP contribution in [0.2, 0.25) is 0 Å². The van der Waals surface area contributed by atoms with Gasteiger partial charge in [0.25, 0.3) is 7.82 Å². The highest BCUT2D eigenvalue weighted by molar-refractivity contribution is 7.45. The van der Waals surface area contributed by atoms with Gasteiger partial charge < -0.3 is 28.8 Å². The van der Waals surface area contributed by atoms with Gasteiger partial charge >= 0.3 is 0 Å². The number of unbranched alkanes of at least 4 members (excludes halogenated alkanes) is 54. The molecule has 3 atom stereocenters. The van der Waals surface area contributed by atoms with Crippen LogP contribution in [0.1, 0.15) is 393 Å². The SMILES string of the molecule is CCCCCCC/C=C\C/C=C\CCCCCCCCCCCCCCCCCCCCCCCC(=O)NC(COP(=O)([O-])OCC[N+](C)(C)C)C(O)/C=C/CCCCCCCCCCCCCCCCCCCCCCCCCCCCCC. The maximum atomic E-state index is 13.1. The molecule has 0 aliphatic carbocycles. The van der Waals surface area contributed by atoms with Crippen molar-refractivity contribution in [2.75, 3.05) is 40.9 Å². The number of carbonyl (C=O) groups excluding carboxylic acids is 1. The van der Waals surface area contributed by atoms with E-state index in [0.29, 0.717) is 17.4 Å². The second kappa shape index (κ2) is 67.1. The van der Waals surface area contributed by atoms with E-state index in [1.165, 1.54) is 327 Å². The van der Waals surface area contributed by atoms with Crippen LogP contribution in [0.25, 0.3) is 0 Å². The molecule has 0 radical (unpaired) electrons. The molecule has 504 valence electrons. The molecule has 1 amide bonds. The van der Waals surface area contributed by atoms with E-state index < -0.39 is 20.0 Å². The standard InChI is InChI=1S/C76H149N2O6P/c1-6-8-10-12-14-16-18-20-22-24-26-28-30-32-34-36-38-39-40-42-44-46-48-50-52-54-56-58-60-62-64-66-68-70-76(80)77-74(73-84-85(81,82)83-72-71-78(3,4)5)75(79)69-67-65-63-61-59-57-55-53-51-49-47-45-43-41-37-35-33-31-29-27-25-23-21-19-17-15-13-11-9-7-2/h18,20,24,26,67,69,74-75,79H,6-17,19,21-23,25,27-66,68,70-73H2,1-5H3,(H-,77,80,81,82)/b20-18-,26-24-,69-67+. The zero-order valence-corrected chi connectivity index (χ0v) is 58.7. The molecule has 0 saturated carbocycles. The Kier molecular flexibility index (Phi) is 66.1. The summed E-state index contributed by atoms with van der Waals surface area (Å²) in [5.41, 5.74) is 0. The molecule has 0 rings (SSSR count). The molecular formula is C76H149N2O6P. The number of hydrogen-bond donors (Lipinski definition) is 2. The molecule has 0 aromatic carbocycles. The van der Waals surface area contributed by atoms with Crippen molar-refractivity contribution in [3.05, 3.63) is 36.5 Å². The maximum Gasteiger partial charge on any atom is 0.268 e. The average molecular weight is 1220 g/mol. The van der Waals surface area contributed by atoms with E-state index in [2.05, 4.69) is 43.5 Å². The molecule has 0 aromatic heterocycles. The van der Waals surface area contributed by atoms with Crippen molar-refractivity contribution in [3.8, 4) is 0 Å². The summed E-state index contributed by atoms with van der Waals surface area (Å²) in [4.78, 5) is 25.7. The number of likely N-dealkylation sites (N-methyl/N-ethyl adjacent to an activating group) is 1. The molecule has 9 heteroatoms. The Bertz CT molecular complexity index is 1480. The van der Waals surface area contributed by atoms with Crippen molar-refractivity contribution >= 4 is 13.7 Å². The third-order valence-electron chi connectivity index (χ3n) is 17.6. The quantitative estimate of drug-likeness (QED) is 0.0272. The van der Waals surface area contributed by atoms with E-state index in [0.717, 1.165) is 44.9 Å². The highest BCUT2D eigenvalue weighted by Crippen LogP contribution is 2.38. The summed E-state index contributed by atoms with van der Waals surface area (Å²) in [5.74, 6) is -0.189. The molecule has 3 unspecified atom stereocenters. The van der Waals surface area contributed by atoms with E-state index in [9.17, 15) is 19.4 Å². The Morgan fingerprint density at radius 1 is 0.412 bits per heavy atom. The average Bonchev–Trinajstić information content (AvgIpc) is 3.49. The summed E-state index contributed by atoms with van der Waals surface area (Å²) in [6.07, 6.45) is 90.0. The lowest BCUT2D eigenvalue weighted by Crippen LogP contribution is -2.45. The molecular weight excluding hydrogens is 1070 g/mol. The number of aliphatic hydroxyl groups is 1. The molecule has 0 spiro atoms. The lowest BCUT2D eigenvalue weighted by Gasteiger charge is -2.29. The Labute approximate surface area is 531 Å². The Hall–Kier alpha value is -1.28. The Balaban J connectivity index is 3.99. The van der Waals surface area contributed by atoms with Gasteiger partial charge in [0.2, 0.25) is 5.91 Å². The predicted molar refractivity (Wildman–Crippen MR) is 372 cm³/mol. The first-order valence-corrected chi connectivity index (χ1v) is 39.3. The number of allylic oxidation sites excluding steroid dienone is 5. The minimum atomic E-state index is -4.60. The van der Waals surface area contributed by atoms with Gasteiger partial charge in [-0.2, -0.15) is 0 Å². The van der Waals surface area contributed by atoms with Crippen LogP contribution >= 0.6 is 7.82 Å². The Morgan fingerprint density at radius 3 is 0.976 bits per heavy atom. The molecule has 0 aliphatic heterocycles. The van der Waals surface area contributed by atoms with Gasteiger partial charge in [-0.3, -0.25) is 9.36 Å². The van der Waals surface area contributed by atoms with Gasteiger partial charge in [-0.15, -0.1) is 0 Å². The fourth-order valence-electron chi connectivity index (χ4n) is 11.7. The van der Waals surface area contributed by atoms with E-state index in [1.807, 2.05) is 27.2 Å². The summed E-state index contributed by atoms with van der Waals surface area (Å²) in [5, 5.41) is 14.0. The second-order valence-corrected chi connectivity index (χ2v) is 28.8. The van der Waals surface area contributed by atoms with Crippen LogP contribution in [0.5, 0.6) is 0 Å². The monoisotopic (exact) mass is 1220 g/mol. The topological polar surface area (TPSA) is 108 Å². The highest BCUT2D eigenvalue weighted by atomic mass is 31.2. The molecule has 0 bridgehead atoms. The fourth-order valence-corrected chi connectivity index (χ4v) is 12.4. The number of quaternary nitrogens is 1. The molecule has 0 aromatic rings. The number of nitrogens with zero attached hydrogens (tertiary/aromatic N) is 1. The van der Waals surface area contributed by atoms with Crippen LogP contribution in [0, 0.1) is 0 Å². The molecule has 0 fully saturated rings. The minimum Gasteiger partial charge on any atom is -0.756 e.